The van der Waals surface area contributed by atoms with Crippen LogP contribution in [0.25, 0.3) is 0 Å². The van der Waals surface area contributed by atoms with Gasteiger partial charge in [-0.05, 0) is 31.5 Å². The lowest BCUT2D eigenvalue weighted by Gasteiger charge is -2.34. The van der Waals surface area contributed by atoms with Crippen molar-refractivity contribution in [3.8, 4) is 0 Å². The zero-order valence-electron chi connectivity index (χ0n) is 13.0. The lowest BCUT2D eigenvalue weighted by molar-refractivity contribution is 0.0843. The van der Waals surface area contributed by atoms with E-state index in [4.69, 9.17) is 0 Å². The summed E-state index contributed by atoms with van der Waals surface area (Å²) in [5, 5.41) is 0. The molecule has 1 aliphatic carbocycles. The molecule has 0 N–H and O–H groups in total. The van der Waals surface area contributed by atoms with Gasteiger partial charge in [-0.2, -0.15) is 0 Å². The monoisotopic (exact) mass is 292 g/mol. The minimum Gasteiger partial charge on any atom is -0.300 e. The minimum absolute atomic E-state index is 0.00394. The van der Waals surface area contributed by atoms with Gasteiger partial charge < -0.3 is 0 Å². The van der Waals surface area contributed by atoms with Gasteiger partial charge in [0.15, 0.2) is 5.78 Å². The topological polar surface area (TPSA) is 33.2 Å². The number of pyridine rings is 1. The van der Waals surface area contributed by atoms with E-state index >= 15 is 0 Å². The van der Waals surface area contributed by atoms with Gasteiger partial charge in [-0.25, -0.2) is 4.39 Å². The second-order valence-corrected chi connectivity index (χ2v) is 6.01. The predicted molar refractivity (Wildman–Crippen MR) is 81.8 cm³/mol. The van der Waals surface area contributed by atoms with Gasteiger partial charge in [0.05, 0.1) is 6.20 Å². The molecule has 1 unspecified atom stereocenters. The van der Waals surface area contributed by atoms with Crippen molar-refractivity contribution in [3.05, 3.63) is 29.8 Å². The molecule has 1 aromatic rings. The largest absolute Gasteiger partial charge is 0.300 e. The fourth-order valence-electron chi connectivity index (χ4n) is 3.19. The highest BCUT2D eigenvalue weighted by Gasteiger charge is 2.24. The SMILES string of the molecule is CCN(CC(C)C(=O)c1ccc(F)cn1)C1CCCCC1. The first-order valence-electron chi connectivity index (χ1n) is 8.01. The van der Waals surface area contributed by atoms with Crippen molar-refractivity contribution in [2.75, 3.05) is 13.1 Å². The average Bonchev–Trinajstić information content (AvgIpc) is 2.53. The highest BCUT2D eigenvalue weighted by molar-refractivity contribution is 5.95. The zero-order valence-corrected chi connectivity index (χ0v) is 13.0. The number of Topliss-reactive ketones (excluding diaryl/α,β-unsaturated/α-hetero) is 1. The third kappa shape index (κ3) is 4.34. The summed E-state index contributed by atoms with van der Waals surface area (Å²) < 4.78 is 12.9. The minimum atomic E-state index is -0.406. The molecule has 116 valence electrons. The number of aromatic nitrogens is 1. The Morgan fingerprint density at radius 2 is 2.10 bits per heavy atom. The molecular formula is C17H25FN2O. The summed E-state index contributed by atoms with van der Waals surface area (Å²) in [5.41, 5.74) is 0.364. The molecule has 1 saturated carbocycles. The average molecular weight is 292 g/mol. The Bertz CT molecular complexity index is 454. The van der Waals surface area contributed by atoms with Gasteiger partial charge in [-0.15, -0.1) is 0 Å². The standard InChI is InChI=1S/C17H25FN2O/c1-3-20(15-7-5-4-6-8-15)12-13(2)17(21)16-10-9-14(18)11-19-16/h9-11,13,15H,3-8,12H2,1-2H3. The number of carbonyl (C=O) groups is 1. The molecule has 21 heavy (non-hydrogen) atoms. The van der Waals surface area contributed by atoms with Crippen molar-refractivity contribution in [1.29, 1.82) is 0 Å². The Balaban J connectivity index is 1.96. The van der Waals surface area contributed by atoms with Gasteiger partial charge in [-0.1, -0.05) is 33.1 Å². The van der Waals surface area contributed by atoms with Crippen molar-refractivity contribution < 1.29 is 9.18 Å². The first-order chi connectivity index (χ1) is 10.1. The molecule has 0 spiro atoms. The Hall–Kier alpha value is -1.29. The van der Waals surface area contributed by atoms with Crippen LogP contribution in [-0.4, -0.2) is 34.8 Å². The predicted octanol–water partition coefficient (Wildman–Crippen LogP) is 3.69. The summed E-state index contributed by atoms with van der Waals surface area (Å²) in [6.45, 7) is 5.83. The van der Waals surface area contributed by atoms with Crippen molar-refractivity contribution >= 4 is 5.78 Å². The second-order valence-electron chi connectivity index (χ2n) is 6.01. The second kappa shape index (κ2) is 7.64. The molecule has 1 aliphatic rings. The van der Waals surface area contributed by atoms with Crippen molar-refractivity contribution in [1.82, 2.24) is 9.88 Å². The number of halogens is 1. The Morgan fingerprint density at radius 1 is 1.38 bits per heavy atom. The van der Waals surface area contributed by atoms with Crippen LogP contribution in [0.3, 0.4) is 0 Å². The molecule has 0 amide bonds. The number of ketones is 1. The number of hydrogen-bond donors (Lipinski definition) is 0. The van der Waals surface area contributed by atoms with Gasteiger partial charge in [0.1, 0.15) is 11.5 Å². The normalized spacial score (nSPS) is 17.9. The van der Waals surface area contributed by atoms with E-state index in [0.717, 1.165) is 19.3 Å². The molecule has 1 aromatic heterocycles. The van der Waals surface area contributed by atoms with Crippen molar-refractivity contribution in [2.24, 2.45) is 5.92 Å². The van der Waals surface area contributed by atoms with Crippen LogP contribution in [0.2, 0.25) is 0 Å². The summed E-state index contributed by atoms with van der Waals surface area (Å²) in [6, 6.07) is 3.39. The molecule has 0 aromatic carbocycles. The molecule has 1 atom stereocenters. The van der Waals surface area contributed by atoms with Crippen LogP contribution in [0.5, 0.6) is 0 Å². The van der Waals surface area contributed by atoms with E-state index in [9.17, 15) is 9.18 Å². The van der Waals surface area contributed by atoms with Gasteiger partial charge in [0.2, 0.25) is 0 Å². The maximum atomic E-state index is 12.9. The molecule has 0 bridgehead atoms. The molecule has 1 fully saturated rings. The van der Waals surface area contributed by atoms with Crippen LogP contribution in [0, 0.1) is 11.7 Å². The lowest BCUT2D eigenvalue weighted by Crippen LogP contribution is -2.41. The van der Waals surface area contributed by atoms with Crippen molar-refractivity contribution in [2.45, 2.75) is 52.0 Å². The van der Waals surface area contributed by atoms with E-state index in [2.05, 4.69) is 16.8 Å². The summed E-state index contributed by atoms with van der Waals surface area (Å²) >= 11 is 0. The summed E-state index contributed by atoms with van der Waals surface area (Å²) in [7, 11) is 0. The maximum absolute atomic E-state index is 12.9. The van der Waals surface area contributed by atoms with E-state index in [1.807, 2.05) is 6.92 Å². The van der Waals surface area contributed by atoms with Gasteiger partial charge in [0, 0.05) is 18.5 Å². The summed E-state index contributed by atoms with van der Waals surface area (Å²) in [5.74, 6) is -0.509. The number of nitrogens with zero attached hydrogens (tertiary/aromatic N) is 2. The maximum Gasteiger partial charge on any atom is 0.185 e. The molecular weight excluding hydrogens is 267 g/mol. The van der Waals surface area contributed by atoms with Gasteiger partial charge in [-0.3, -0.25) is 14.7 Å². The highest BCUT2D eigenvalue weighted by Crippen LogP contribution is 2.23. The van der Waals surface area contributed by atoms with Crippen LogP contribution in [-0.2, 0) is 0 Å². The number of hydrogen-bond acceptors (Lipinski definition) is 3. The Labute approximate surface area is 126 Å². The highest BCUT2D eigenvalue weighted by atomic mass is 19.1. The van der Waals surface area contributed by atoms with Crippen LogP contribution < -0.4 is 0 Å². The van der Waals surface area contributed by atoms with Crippen LogP contribution >= 0.6 is 0 Å². The first kappa shape index (κ1) is 16.1. The molecule has 0 radical (unpaired) electrons. The van der Waals surface area contributed by atoms with Crippen LogP contribution in [0.1, 0.15) is 56.4 Å². The molecule has 3 nitrogen and oxygen atoms in total. The molecule has 0 aliphatic heterocycles. The summed E-state index contributed by atoms with van der Waals surface area (Å²) in [6.07, 6.45) is 7.51. The fraction of sp³-hybridized carbons (Fsp3) is 0.647. The molecule has 4 heteroatoms. The van der Waals surface area contributed by atoms with E-state index in [1.54, 1.807) is 0 Å². The summed E-state index contributed by atoms with van der Waals surface area (Å²) in [4.78, 5) is 18.7. The quantitative estimate of drug-likeness (QED) is 0.750. The van der Waals surface area contributed by atoms with Gasteiger partial charge >= 0.3 is 0 Å². The van der Waals surface area contributed by atoms with E-state index in [-0.39, 0.29) is 11.7 Å². The first-order valence-corrected chi connectivity index (χ1v) is 8.01. The smallest absolute Gasteiger partial charge is 0.185 e. The van der Waals surface area contributed by atoms with Crippen LogP contribution in [0.15, 0.2) is 18.3 Å². The third-order valence-corrected chi connectivity index (χ3v) is 4.43. The van der Waals surface area contributed by atoms with Crippen molar-refractivity contribution in [3.63, 3.8) is 0 Å². The molecule has 2 rings (SSSR count). The number of carbonyl (C=O) groups excluding carboxylic acids is 1. The lowest BCUT2D eigenvalue weighted by atomic mass is 9.93. The zero-order chi connectivity index (χ0) is 15.2. The van der Waals surface area contributed by atoms with Gasteiger partial charge in [0.25, 0.3) is 0 Å². The fourth-order valence-corrected chi connectivity index (χ4v) is 3.19. The Kier molecular flexibility index (Phi) is 5.85. The number of rotatable bonds is 6. The van der Waals surface area contributed by atoms with E-state index in [0.29, 0.717) is 11.7 Å². The van der Waals surface area contributed by atoms with E-state index in [1.165, 1.54) is 44.2 Å². The van der Waals surface area contributed by atoms with Crippen LogP contribution in [0.4, 0.5) is 4.39 Å². The molecule has 0 saturated heterocycles. The molecule has 1 heterocycles. The Morgan fingerprint density at radius 3 is 2.67 bits per heavy atom. The third-order valence-electron chi connectivity index (χ3n) is 4.43. The van der Waals surface area contributed by atoms with E-state index < -0.39 is 5.82 Å².